The molecule has 166 valence electrons. The predicted octanol–water partition coefficient (Wildman–Crippen LogP) is 3.49. The lowest BCUT2D eigenvalue weighted by molar-refractivity contribution is -0.119. The van der Waals surface area contributed by atoms with Crippen LogP contribution in [0.1, 0.15) is 36.7 Å². The van der Waals surface area contributed by atoms with Gasteiger partial charge in [-0.3, -0.25) is 9.69 Å². The molecule has 1 saturated heterocycles. The maximum absolute atomic E-state index is 12.3. The van der Waals surface area contributed by atoms with Crippen molar-refractivity contribution in [1.29, 1.82) is 0 Å². The monoisotopic (exact) mass is 426 g/mol. The highest BCUT2D eigenvalue weighted by Gasteiger charge is 2.22. The predicted molar refractivity (Wildman–Crippen MR) is 118 cm³/mol. The number of rotatable bonds is 8. The van der Waals surface area contributed by atoms with E-state index in [1.807, 2.05) is 25.1 Å². The average Bonchev–Trinajstić information content (AvgIpc) is 2.73. The molecule has 1 N–H and O–H groups in total. The number of ether oxygens (including phenoxy) is 3. The van der Waals surface area contributed by atoms with Gasteiger partial charge in [0, 0.05) is 19.6 Å². The largest absolute Gasteiger partial charge is 0.492 e. The molecule has 0 spiro atoms. The number of esters is 1. The van der Waals surface area contributed by atoms with Gasteiger partial charge < -0.3 is 19.5 Å². The summed E-state index contributed by atoms with van der Waals surface area (Å²) in [6.45, 7) is 8.71. The molecule has 1 heterocycles. The molecule has 2 aromatic rings. The molecule has 0 unspecified atom stereocenters. The normalized spacial score (nSPS) is 18.9. The molecule has 2 atom stereocenters. The molecule has 0 aromatic heterocycles. The van der Waals surface area contributed by atoms with E-state index >= 15 is 0 Å². The zero-order valence-corrected chi connectivity index (χ0v) is 18.3. The van der Waals surface area contributed by atoms with Crippen LogP contribution in [0.15, 0.2) is 48.5 Å². The van der Waals surface area contributed by atoms with Gasteiger partial charge in [0.25, 0.3) is 5.91 Å². The second-order valence-corrected chi connectivity index (χ2v) is 7.70. The van der Waals surface area contributed by atoms with Gasteiger partial charge in [-0.15, -0.1) is 0 Å². The van der Waals surface area contributed by atoms with E-state index in [1.54, 1.807) is 30.3 Å². The smallest absolute Gasteiger partial charge is 0.338 e. The molecule has 1 amide bonds. The Morgan fingerprint density at radius 3 is 2.42 bits per heavy atom. The summed E-state index contributed by atoms with van der Waals surface area (Å²) >= 11 is 0. The molecule has 7 heteroatoms. The zero-order valence-electron chi connectivity index (χ0n) is 18.3. The van der Waals surface area contributed by atoms with Gasteiger partial charge in [0.05, 0.1) is 30.1 Å². The van der Waals surface area contributed by atoms with E-state index in [0.717, 1.165) is 25.2 Å². The van der Waals surface area contributed by atoms with E-state index in [-0.39, 0.29) is 18.8 Å². The van der Waals surface area contributed by atoms with Crippen molar-refractivity contribution in [3.05, 3.63) is 59.7 Å². The van der Waals surface area contributed by atoms with E-state index in [9.17, 15) is 9.59 Å². The first-order valence-corrected chi connectivity index (χ1v) is 10.6. The number of carbonyl (C=O) groups excluding carboxylic acids is 2. The molecule has 2 aromatic carbocycles. The third-order valence-electron chi connectivity index (χ3n) is 4.89. The van der Waals surface area contributed by atoms with Crippen LogP contribution >= 0.6 is 0 Å². The number of benzene rings is 2. The number of anilines is 1. The maximum atomic E-state index is 12.3. The number of nitrogens with one attached hydrogen (secondary N) is 1. The first-order chi connectivity index (χ1) is 14.9. The molecular formula is C24H30N2O5. The van der Waals surface area contributed by atoms with Crippen LogP contribution in [0.3, 0.4) is 0 Å². The quantitative estimate of drug-likeness (QED) is 0.651. The van der Waals surface area contributed by atoms with Gasteiger partial charge in [-0.05, 0) is 50.6 Å². The summed E-state index contributed by atoms with van der Waals surface area (Å²) in [5.74, 6) is -0.384. The standard InChI is InChI=1S/C24H30N2O5/c1-4-29-22-8-6-5-7-21(22)25-23(27)16-30-24(28)20-11-9-19(10-12-20)15-26-13-17(2)31-18(3)14-26/h5-12,17-18H,4,13-16H2,1-3H3,(H,25,27)/t17-,18-/m0/s1. The van der Waals surface area contributed by atoms with Crippen molar-refractivity contribution < 1.29 is 23.8 Å². The Morgan fingerprint density at radius 2 is 1.74 bits per heavy atom. The second kappa shape index (κ2) is 10.9. The Bertz CT molecular complexity index is 874. The Morgan fingerprint density at radius 1 is 1.06 bits per heavy atom. The SMILES string of the molecule is CCOc1ccccc1NC(=O)COC(=O)c1ccc(CN2C[C@H](C)O[C@@H](C)C2)cc1. The first kappa shape index (κ1) is 22.8. The summed E-state index contributed by atoms with van der Waals surface area (Å²) in [5, 5.41) is 2.71. The fourth-order valence-electron chi connectivity index (χ4n) is 3.67. The van der Waals surface area contributed by atoms with Gasteiger partial charge >= 0.3 is 5.97 Å². The van der Waals surface area contributed by atoms with Gasteiger partial charge in [0.2, 0.25) is 0 Å². The number of nitrogens with zero attached hydrogens (tertiary/aromatic N) is 1. The van der Waals surface area contributed by atoms with Crippen molar-refractivity contribution in [2.75, 3.05) is 31.6 Å². The van der Waals surface area contributed by atoms with E-state index < -0.39 is 11.9 Å². The highest BCUT2D eigenvalue weighted by molar-refractivity contribution is 5.96. The van der Waals surface area contributed by atoms with Gasteiger partial charge in [-0.25, -0.2) is 4.79 Å². The van der Waals surface area contributed by atoms with Crippen LogP contribution in [0, 0.1) is 0 Å². The molecule has 1 aliphatic rings. The number of morpholine rings is 1. The van der Waals surface area contributed by atoms with Crippen LogP contribution in [-0.2, 0) is 20.8 Å². The van der Waals surface area contributed by atoms with Crippen molar-refractivity contribution >= 4 is 17.6 Å². The highest BCUT2D eigenvalue weighted by Crippen LogP contribution is 2.23. The van der Waals surface area contributed by atoms with E-state index in [1.165, 1.54) is 0 Å². The van der Waals surface area contributed by atoms with Crippen molar-refractivity contribution in [3.63, 3.8) is 0 Å². The van der Waals surface area contributed by atoms with Gasteiger partial charge in [0.15, 0.2) is 6.61 Å². The topological polar surface area (TPSA) is 77.1 Å². The number of amides is 1. The van der Waals surface area contributed by atoms with E-state index in [2.05, 4.69) is 24.1 Å². The van der Waals surface area contributed by atoms with Gasteiger partial charge in [-0.1, -0.05) is 24.3 Å². The summed E-state index contributed by atoms with van der Waals surface area (Å²) in [6.07, 6.45) is 0.425. The molecule has 3 rings (SSSR count). The van der Waals surface area contributed by atoms with Gasteiger partial charge in [-0.2, -0.15) is 0 Å². The number of carbonyl (C=O) groups is 2. The zero-order chi connectivity index (χ0) is 22.2. The lowest BCUT2D eigenvalue weighted by atomic mass is 10.1. The Kier molecular flexibility index (Phi) is 8.03. The summed E-state index contributed by atoms with van der Waals surface area (Å²) in [4.78, 5) is 26.8. The van der Waals surface area contributed by atoms with Crippen LogP contribution in [0.2, 0.25) is 0 Å². The molecule has 0 aliphatic carbocycles. The van der Waals surface area contributed by atoms with E-state index in [0.29, 0.717) is 23.6 Å². The minimum atomic E-state index is -0.534. The van der Waals surface area contributed by atoms with Crippen molar-refractivity contribution in [2.45, 2.75) is 39.5 Å². The van der Waals surface area contributed by atoms with Crippen molar-refractivity contribution in [3.8, 4) is 5.75 Å². The molecule has 0 radical (unpaired) electrons. The van der Waals surface area contributed by atoms with Crippen LogP contribution in [0.25, 0.3) is 0 Å². The van der Waals surface area contributed by atoms with Crippen LogP contribution < -0.4 is 10.1 Å². The molecule has 0 saturated carbocycles. The Balaban J connectivity index is 1.49. The molecule has 1 aliphatic heterocycles. The van der Waals surface area contributed by atoms with E-state index in [4.69, 9.17) is 14.2 Å². The van der Waals surface area contributed by atoms with Crippen LogP contribution in [0.5, 0.6) is 5.75 Å². The number of para-hydroxylation sites is 2. The minimum absolute atomic E-state index is 0.213. The van der Waals surface area contributed by atoms with Crippen LogP contribution in [0.4, 0.5) is 5.69 Å². The Hall–Kier alpha value is -2.90. The van der Waals surface area contributed by atoms with Crippen LogP contribution in [-0.4, -0.2) is 55.3 Å². The van der Waals surface area contributed by atoms with Crippen molar-refractivity contribution in [2.24, 2.45) is 0 Å². The average molecular weight is 427 g/mol. The minimum Gasteiger partial charge on any atom is -0.492 e. The number of hydrogen-bond donors (Lipinski definition) is 1. The number of hydrogen-bond acceptors (Lipinski definition) is 6. The van der Waals surface area contributed by atoms with Crippen molar-refractivity contribution in [1.82, 2.24) is 4.90 Å². The molecule has 1 fully saturated rings. The summed E-state index contributed by atoms with van der Waals surface area (Å²) in [5.41, 5.74) is 2.07. The summed E-state index contributed by atoms with van der Waals surface area (Å²) in [7, 11) is 0. The fourth-order valence-corrected chi connectivity index (χ4v) is 3.67. The maximum Gasteiger partial charge on any atom is 0.338 e. The lowest BCUT2D eigenvalue weighted by Gasteiger charge is -2.35. The molecular weight excluding hydrogens is 396 g/mol. The molecule has 0 bridgehead atoms. The first-order valence-electron chi connectivity index (χ1n) is 10.6. The molecule has 7 nitrogen and oxygen atoms in total. The third-order valence-corrected chi connectivity index (χ3v) is 4.89. The summed E-state index contributed by atoms with van der Waals surface area (Å²) in [6, 6.07) is 14.4. The lowest BCUT2D eigenvalue weighted by Crippen LogP contribution is -2.44. The second-order valence-electron chi connectivity index (χ2n) is 7.70. The fraction of sp³-hybridized carbons (Fsp3) is 0.417. The highest BCUT2D eigenvalue weighted by atomic mass is 16.5. The molecule has 31 heavy (non-hydrogen) atoms. The Labute approximate surface area is 183 Å². The summed E-state index contributed by atoms with van der Waals surface area (Å²) < 4.78 is 16.4. The van der Waals surface area contributed by atoms with Gasteiger partial charge in [0.1, 0.15) is 5.75 Å². The third kappa shape index (κ3) is 6.80.